The lowest BCUT2D eigenvalue weighted by molar-refractivity contribution is 0.102. The number of nitrogens with zero attached hydrogens (tertiary/aromatic N) is 1. The molecule has 1 heterocycles. The number of nitrogens with one attached hydrogen (secondary N) is 1. The summed E-state index contributed by atoms with van der Waals surface area (Å²) < 4.78 is 25.8. The molecule has 0 fully saturated rings. The molecule has 0 spiro atoms. The quantitative estimate of drug-likeness (QED) is 0.728. The minimum absolute atomic E-state index is 0.239. The zero-order valence-electron chi connectivity index (χ0n) is 16.1. The van der Waals surface area contributed by atoms with Crippen LogP contribution in [0.5, 0.6) is 11.5 Å². The van der Waals surface area contributed by atoms with Gasteiger partial charge in [-0.15, -0.1) is 0 Å². The summed E-state index contributed by atoms with van der Waals surface area (Å²) in [5.74, 6) is -0.0674. The number of pyridine rings is 1. The van der Waals surface area contributed by atoms with E-state index in [2.05, 4.69) is 5.32 Å². The number of aryl methyl sites for hydroxylation is 2. The van der Waals surface area contributed by atoms with Gasteiger partial charge in [-0.2, -0.15) is 0 Å². The van der Waals surface area contributed by atoms with E-state index < -0.39 is 11.7 Å². The van der Waals surface area contributed by atoms with Gasteiger partial charge < -0.3 is 19.4 Å². The van der Waals surface area contributed by atoms with Crippen molar-refractivity contribution in [3.63, 3.8) is 0 Å². The third kappa shape index (κ3) is 3.43. The average Bonchev–Trinajstić information content (AvgIpc) is 2.70. The Morgan fingerprint density at radius 2 is 1.75 bits per heavy atom. The summed E-state index contributed by atoms with van der Waals surface area (Å²) in [6.45, 7) is 3.85. The van der Waals surface area contributed by atoms with Crippen molar-refractivity contribution < 1.29 is 18.7 Å². The number of methoxy groups -OCH3 is 2. The molecule has 0 bridgehead atoms. The van der Waals surface area contributed by atoms with E-state index in [1.807, 2.05) is 6.92 Å². The molecule has 3 aromatic rings. The van der Waals surface area contributed by atoms with E-state index in [0.29, 0.717) is 40.1 Å². The number of halogens is 1. The lowest BCUT2D eigenvalue weighted by atomic mass is 10.1. The van der Waals surface area contributed by atoms with Gasteiger partial charge in [0, 0.05) is 23.8 Å². The first kappa shape index (κ1) is 19.4. The maximum Gasteiger partial charge on any atom is 0.258 e. The second-order valence-electron chi connectivity index (χ2n) is 6.30. The Morgan fingerprint density at radius 3 is 2.32 bits per heavy atom. The fraction of sp³-hybridized carbons (Fsp3) is 0.238. The predicted octanol–water partition coefficient (Wildman–Crippen LogP) is 3.74. The molecule has 1 aromatic heterocycles. The fourth-order valence-electron chi connectivity index (χ4n) is 3.00. The maximum atomic E-state index is 13.8. The molecule has 0 saturated heterocycles. The molecule has 0 radical (unpaired) electrons. The number of ether oxygens (including phenoxy) is 2. The number of fused-ring (bicyclic) bond motifs is 1. The summed E-state index contributed by atoms with van der Waals surface area (Å²) in [6, 6.07) is 7.63. The summed E-state index contributed by atoms with van der Waals surface area (Å²) in [4.78, 5) is 25.7. The molecule has 7 heteroatoms. The summed E-state index contributed by atoms with van der Waals surface area (Å²) in [5, 5.41) is 3.45. The van der Waals surface area contributed by atoms with Crippen molar-refractivity contribution in [1.29, 1.82) is 0 Å². The van der Waals surface area contributed by atoms with Crippen LogP contribution in [0.4, 0.5) is 10.1 Å². The Kier molecular flexibility index (Phi) is 5.35. The average molecular weight is 384 g/mol. The van der Waals surface area contributed by atoms with Gasteiger partial charge in [0.05, 0.1) is 25.2 Å². The van der Waals surface area contributed by atoms with E-state index in [-0.39, 0.29) is 11.1 Å². The zero-order valence-corrected chi connectivity index (χ0v) is 16.1. The first-order valence-corrected chi connectivity index (χ1v) is 8.76. The van der Waals surface area contributed by atoms with Crippen molar-refractivity contribution in [2.24, 2.45) is 0 Å². The number of aromatic nitrogens is 1. The molecule has 1 amide bonds. The summed E-state index contributed by atoms with van der Waals surface area (Å²) in [7, 11) is 2.95. The molecule has 1 N–H and O–H groups in total. The molecule has 146 valence electrons. The van der Waals surface area contributed by atoms with Crippen LogP contribution in [0.25, 0.3) is 10.8 Å². The van der Waals surface area contributed by atoms with Crippen LogP contribution in [0.15, 0.2) is 41.3 Å². The Hall–Kier alpha value is -3.35. The molecule has 0 unspecified atom stereocenters. The molecular weight excluding hydrogens is 363 g/mol. The first-order chi connectivity index (χ1) is 13.4. The molecule has 0 saturated carbocycles. The second kappa shape index (κ2) is 7.72. The Balaban J connectivity index is 2.17. The standard InChI is InChI=1S/C21H21FN2O4/c1-5-24-11-16(20(25)23-13-7-6-12(2)17(22)8-13)14-9-18(27-3)19(28-4)10-15(14)21(24)26/h6-11H,5H2,1-4H3,(H,23,25). The van der Waals surface area contributed by atoms with E-state index in [1.54, 1.807) is 31.2 Å². The lowest BCUT2D eigenvalue weighted by Crippen LogP contribution is -2.23. The molecule has 28 heavy (non-hydrogen) atoms. The second-order valence-corrected chi connectivity index (χ2v) is 6.30. The highest BCUT2D eigenvalue weighted by Crippen LogP contribution is 2.32. The van der Waals surface area contributed by atoms with Gasteiger partial charge in [0.2, 0.25) is 0 Å². The topological polar surface area (TPSA) is 69.6 Å². The number of benzene rings is 2. The fourth-order valence-corrected chi connectivity index (χ4v) is 3.00. The lowest BCUT2D eigenvalue weighted by Gasteiger charge is -2.14. The third-order valence-electron chi connectivity index (χ3n) is 4.61. The smallest absolute Gasteiger partial charge is 0.258 e. The minimum atomic E-state index is -0.456. The van der Waals surface area contributed by atoms with Crippen LogP contribution in [0.2, 0.25) is 0 Å². The summed E-state index contributed by atoms with van der Waals surface area (Å²) in [6.07, 6.45) is 1.50. The molecule has 0 aliphatic heterocycles. The number of hydrogen-bond acceptors (Lipinski definition) is 4. The van der Waals surface area contributed by atoms with Crippen LogP contribution >= 0.6 is 0 Å². The molecule has 6 nitrogen and oxygen atoms in total. The molecule has 2 aromatic carbocycles. The highest BCUT2D eigenvalue weighted by Gasteiger charge is 2.18. The molecule has 0 aliphatic rings. The Labute approximate surface area is 161 Å². The van der Waals surface area contributed by atoms with Crippen LogP contribution < -0.4 is 20.3 Å². The van der Waals surface area contributed by atoms with Crippen LogP contribution in [0.3, 0.4) is 0 Å². The summed E-state index contributed by atoms with van der Waals surface area (Å²) in [5.41, 5.74) is 0.852. The van der Waals surface area contributed by atoms with Crippen molar-refractivity contribution in [1.82, 2.24) is 4.57 Å². The Bertz CT molecular complexity index is 1120. The van der Waals surface area contributed by atoms with Crippen molar-refractivity contribution >= 4 is 22.4 Å². The number of hydrogen-bond donors (Lipinski definition) is 1. The van der Waals surface area contributed by atoms with Crippen molar-refractivity contribution in [2.75, 3.05) is 19.5 Å². The van der Waals surface area contributed by atoms with Crippen LogP contribution in [-0.4, -0.2) is 24.7 Å². The van der Waals surface area contributed by atoms with Gasteiger partial charge in [-0.1, -0.05) is 6.07 Å². The predicted molar refractivity (Wildman–Crippen MR) is 106 cm³/mol. The van der Waals surface area contributed by atoms with Crippen molar-refractivity contribution in [2.45, 2.75) is 20.4 Å². The number of anilines is 1. The molecule has 3 rings (SSSR count). The normalized spacial score (nSPS) is 10.8. The number of carbonyl (C=O) groups is 1. The van der Waals surface area contributed by atoms with Gasteiger partial charge in [0.1, 0.15) is 5.82 Å². The van der Waals surface area contributed by atoms with E-state index >= 15 is 0 Å². The molecule has 0 atom stereocenters. The number of rotatable bonds is 5. The molecule has 0 aliphatic carbocycles. The van der Waals surface area contributed by atoms with Crippen LogP contribution in [-0.2, 0) is 6.54 Å². The van der Waals surface area contributed by atoms with Crippen molar-refractivity contribution in [3.05, 3.63) is 63.8 Å². The van der Waals surface area contributed by atoms with Crippen LogP contribution in [0, 0.1) is 12.7 Å². The van der Waals surface area contributed by atoms with Crippen molar-refractivity contribution in [3.8, 4) is 11.5 Å². The van der Waals surface area contributed by atoms with E-state index in [1.165, 1.54) is 31.0 Å². The van der Waals surface area contributed by atoms with Gasteiger partial charge in [0.25, 0.3) is 11.5 Å². The monoisotopic (exact) mass is 384 g/mol. The highest BCUT2D eigenvalue weighted by molar-refractivity contribution is 6.13. The zero-order chi connectivity index (χ0) is 20.4. The van der Waals surface area contributed by atoms with Gasteiger partial charge in [-0.3, -0.25) is 9.59 Å². The third-order valence-corrected chi connectivity index (χ3v) is 4.61. The first-order valence-electron chi connectivity index (χ1n) is 8.76. The van der Waals surface area contributed by atoms with Gasteiger partial charge in [-0.05, 0) is 43.7 Å². The SMILES string of the molecule is CCn1cc(C(=O)Nc2ccc(C)c(F)c2)c2cc(OC)c(OC)cc2c1=O. The van der Waals surface area contributed by atoms with Crippen LogP contribution in [0.1, 0.15) is 22.8 Å². The van der Waals surface area contributed by atoms with E-state index in [0.717, 1.165) is 0 Å². The summed E-state index contributed by atoms with van der Waals surface area (Å²) >= 11 is 0. The Morgan fingerprint density at radius 1 is 1.11 bits per heavy atom. The van der Waals surface area contributed by atoms with Gasteiger partial charge >= 0.3 is 0 Å². The molecular formula is C21H21FN2O4. The minimum Gasteiger partial charge on any atom is -0.493 e. The number of amides is 1. The van der Waals surface area contributed by atoms with Gasteiger partial charge in [-0.25, -0.2) is 4.39 Å². The number of carbonyl (C=O) groups excluding carboxylic acids is 1. The van der Waals surface area contributed by atoms with E-state index in [4.69, 9.17) is 9.47 Å². The van der Waals surface area contributed by atoms with E-state index in [9.17, 15) is 14.0 Å². The highest BCUT2D eigenvalue weighted by atomic mass is 19.1. The largest absolute Gasteiger partial charge is 0.493 e. The van der Waals surface area contributed by atoms with Gasteiger partial charge in [0.15, 0.2) is 11.5 Å². The maximum absolute atomic E-state index is 13.8.